The molecule has 3 aromatic carbocycles. The van der Waals surface area contributed by atoms with Crippen molar-refractivity contribution >= 4 is 23.6 Å². The predicted octanol–water partition coefficient (Wildman–Crippen LogP) is 7.01. The average Bonchev–Trinajstić information content (AvgIpc) is 3.37. The van der Waals surface area contributed by atoms with Crippen LogP contribution in [0.15, 0.2) is 72.3 Å². The van der Waals surface area contributed by atoms with E-state index < -0.39 is 23.6 Å². The molecule has 5 atom stereocenters. The van der Waals surface area contributed by atoms with Gasteiger partial charge in [-0.15, -0.1) is 0 Å². The van der Waals surface area contributed by atoms with Crippen molar-refractivity contribution in [1.29, 1.82) is 0 Å². The molecule has 3 aromatic rings. The second-order valence-corrected chi connectivity index (χ2v) is 13.5. The summed E-state index contributed by atoms with van der Waals surface area (Å²) in [5, 5.41) is 2.54. The monoisotopic (exact) mass is 631 g/mol. The first-order valence-electron chi connectivity index (χ1n) is 16.1. The SMILES string of the molecule is CC(=O)Oc1cc(NC(=O)C(=Cc2ccccc2)C(F)(F)F)c2c3c1C[C@@H]1[C@@H]4CCC[C@H](O2)[C@]34CC[N+]1(C)CCc1ccccc1. The summed E-state index contributed by atoms with van der Waals surface area (Å²) >= 11 is 0. The normalized spacial score (nSPS) is 27.8. The summed E-state index contributed by atoms with van der Waals surface area (Å²) in [6.07, 6.45) is 1.09. The van der Waals surface area contributed by atoms with Crippen LogP contribution < -0.4 is 14.8 Å². The van der Waals surface area contributed by atoms with E-state index in [1.54, 1.807) is 18.2 Å². The molecule has 46 heavy (non-hydrogen) atoms. The van der Waals surface area contributed by atoms with Crippen molar-refractivity contribution in [3.63, 3.8) is 0 Å². The minimum Gasteiger partial charge on any atom is -0.487 e. The lowest BCUT2D eigenvalue weighted by atomic mass is 9.51. The Labute approximate surface area is 266 Å². The number of benzene rings is 3. The topological polar surface area (TPSA) is 64.6 Å². The van der Waals surface area contributed by atoms with Crippen molar-refractivity contribution in [2.24, 2.45) is 5.92 Å². The van der Waals surface area contributed by atoms with Crippen molar-refractivity contribution in [3.8, 4) is 11.5 Å². The van der Waals surface area contributed by atoms with Crippen LogP contribution in [0.5, 0.6) is 11.5 Å². The van der Waals surface area contributed by atoms with Gasteiger partial charge < -0.3 is 19.3 Å². The van der Waals surface area contributed by atoms with E-state index in [9.17, 15) is 22.8 Å². The first-order valence-corrected chi connectivity index (χ1v) is 16.1. The highest BCUT2D eigenvalue weighted by Gasteiger charge is 2.67. The molecule has 1 saturated heterocycles. The first-order chi connectivity index (χ1) is 22.0. The molecule has 4 aliphatic rings. The van der Waals surface area contributed by atoms with Crippen molar-refractivity contribution in [1.82, 2.24) is 0 Å². The number of likely N-dealkylation sites (N-methyl/N-ethyl adjacent to an activating group) is 1. The van der Waals surface area contributed by atoms with Crippen LogP contribution in [0.3, 0.4) is 0 Å². The van der Waals surface area contributed by atoms with E-state index >= 15 is 0 Å². The van der Waals surface area contributed by atoms with E-state index in [0.29, 0.717) is 18.1 Å². The van der Waals surface area contributed by atoms with Crippen LogP contribution in [0.4, 0.5) is 18.9 Å². The molecular formula is C37H38F3N2O4+. The van der Waals surface area contributed by atoms with Gasteiger partial charge in [0, 0.05) is 49.3 Å². The number of nitrogens with one attached hydrogen (secondary N) is 1. The van der Waals surface area contributed by atoms with Crippen molar-refractivity contribution < 1.29 is 36.7 Å². The summed E-state index contributed by atoms with van der Waals surface area (Å²) in [4.78, 5) is 25.8. The molecule has 9 heteroatoms. The van der Waals surface area contributed by atoms with Crippen LogP contribution in [0.25, 0.3) is 6.08 Å². The summed E-state index contributed by atoms with van der Waals surface area (Å²) in [6.45, 7) is 3.22. The number of alkyl halides is 3. The Hall–Kier alpha value is -4.11. The fraction of sp³-hybridized carbons (Fsp3) is 0.405. The second-order valence-electron chi connectivity index (χ2n) is 13.5. The number of rotatable bonds is 7. The lowest BCUT2D eigenvalue weighted by molar-refractivity contribution is -0.945. The maximum absolute atomic E-state index is 14.2. The Kier molecular flexibility index (Phi) is 7.50. The van der Waals surface area contributed by atoms with Crippen LogP contribution in [0, 0.1) is 5.92 Å². The molecule has 2 aliphatic heterocycles. The number of quaternary nitrogens is 1. The summed E-state index contributed by atoms with van der Waals surface area (Å²) in [5.74, 6) is -0.808. The molecule has 1 saturated carbocycles. The molecule has 2 bridgehead atoms. The van der Waals surface area contributed by atoms with Crippen LogP contribution in [-0.2, 0) is 27.8 Å². The van der Waals surface area contributed by atoms with E-state index in [4.69, 9.17) is 9.47 Å². The van der Waals surface area contributed by atoms with Gasteiger partial charge in [-0.1, -0.05) is 60.7 Å². The molecule has 2 heterocycles. The molecular weight excluding hydrogens is 593 g/mol. The van der Waals surface area contributed by atoms with Crippen LogP contribution in [-0.4, -0.2) is 54.8 Å². The number of hydrogen-bond donors (Lipinski definition) is 1. The Bertz CT molecular complexity index is 1710. The van der Waals surface area contributed by atoms with Crippen LogP contribution >= 0.6 is 0 Å². The molecule has 1 amide bonds. The summed E-state index contributed by atoms with van der Waals surface area (Å²) < 4.78 is 56.0. The summed E-state index contributed by atoms with van der Waals surface area (Å²) in [6, 6.07) is 20.2. The Morgan fingerprint density at radius 3 is 2.50 bits per heavy atom. The standard InChI is InChI=1S/C37H37F3N2O4/c1-23(43)45-31-22-29(41-35(44)28(37(38,39)40)20-25-12-7-4-8-13-25)34-33-26(31)21-30-27-14-9-15-32(46-34)36(27,33)17-19-42(30,2)18-16-24-10-5-3-6-11-24/h3-8,10-13,20,22,27,30,32H,9,14-19,21H2,1-2H3/p+1/t27-,30+,32-,36+,42?/m0/s1. The molecule has 7 rings (SSSR count). The lowest BCUT2D eigenvalue weighted by Crippen LogP contribution is -2.70. The van der Waals surface area contributed by atoms with Crippen LogP contribution in [0.1, 0.15) is 54.9 Å². The minimum absolute atomic E-state index is 0.107. The van der Waals surface area contributed by atoms with Gasteiger partial charge in [-0.05, 0) is 36.5 Å². The predicted molar refractivity (Wildman–Crippen MR) is 168 cm³/mol. The van der Waals surface area contributed by atoms with E-state index in [0.717, 1.165) is 66.9 Å². The van der Waals surface area contributed by atoms with E-state index in [2.05, 4.69) is 36.6 Å². The number of nitrogens with zero attached hydrogens (tertiary/aromatic N) is 1. The number of amides is 1. The van der Waals surface area contributed by atoms with Crippen molar-refractivity contribution in [2.75, 3.05) is 25.5 Å². The fourth-order valence-corrected chi connectivity index (χ4v) is 8.87. The molecule has 0 radical (unpaired) electrons. The van der Waals surface area contributed by atoms with Gasteiger partial charge in [-0.3, -0.25) is 9.59 Å². The zero-order valence-corrected chi connectivity index (χ0v) is 26.0. The van der Waals surface area contributed by atoms with Gasteiger partial charge in [0.1, 0.15) is 23.2 Å². The largest absolute Gasteiger partial charge is 0.487 e. The Morgan fingerprint density at radius 1 is 1.09 bits per heavy atom. The third-order valence-corrected chi connectivity index (χ3v) is 10.9. The van der Waals surface area contributed by atoms with Gasteiger partial charge in [0.25, 0.3) is 5.91 Å². The van der Waals surface area contributed by atoms with Gasteiger partial charge >= 0.3 is 12.1 Å². The molecule has 1 spiro atoms. The number of anilines is 1. The number of carbonyl (C=O) groups excluding carboxylic acids is 2. The van der Waals surface area contributed by atoms with Gasteiger partial charge in [0.15, 0.2) is 0 Å². The number of halogens is 3. The minimum atomic E-state index is -4.90. The molecule has 1 unspecified atom stereocenters. The Balaban J connectivity index is 1.30. The number of esters is 1. The molecule has 1 N–H and O–H groups in total. The van der Waals surface area contributed by atoms with Crippen LogP contribution in [0.2, 0.25) is 0 Å². The van der Waals surface area contributed by atoms with Gasteiger partial charge in [0.2, 0.25) is 0 Å². The fourth-order valence-electron chi connectivity index (χ4n) is 8.87. The molecule has 240 valence electrons. The molecule has 6 nitrogen and oxygen atoms in total. The summed E-state index contributed by atoms with van der Waals surface area (Å²) in [5.41, 5.74) is 1.79. The highest BCUT2D eigenvalue weighted by Crippen LogP contribution is 2.66. The second kappa shape index (κ2) is 11.3. The Morgan fingerprint density at radius 2 is 1.80 bits per heavy atom. The average molecular weight is 632 g/mol. The van der Waals surface area contributed by atoms with E-state index in [1.165, 1.54) is 30.7 Å². The number of carbonyl (C=O) groups is 2. The van der Waals surface area contributed by atoms with Gasteiger partial charge in [0.05, 0.1) is 37.3 Å². The van der Waals surface area contributed by atoms with Gasteiger partial charge in [-0.25, -0.2) is 0 Å². The highest BCUT2D eigenvalue weighted by atomic mass is 19.4. The first kappa shape index (κ1) is 30.5. The quantitative estimate of drug-likeness (QED) is 0.132. The number of piperidine rings is 1. The van der Waals surface area contributed by atoms with Crippen molar-refractivity contribution in [2.45, 2.75) is 69.2 Å². The number of likely N-dealkylation sites (tertiary alicyclic amines) is 1. The highest BCUT2D eigenvalue weighted by molar-refractivity contribution is 6.08. The maximum atomic E-state index is 14.2. The van der Waals surface area contributed by atoms with E-state index in [1.807, 2.05) is 6.07 Å². The van der Waals surface area contributed by atoms with E-state index in [-0.39, 0.29) is 34.6 Å². The number of hydrogen-bond acceptors (Lipinski definition) is 4. The third kappa shape index (κ3) is 5.09. The van der Waals surface area contributed by atoms with Crippen molar-refractivity contribution in [3.05, 3.63) is 94.6 Å². The lowest BCUT2D eigenvalue weighted by Gasteiger charge is -2.60. The zero-order chi connectivity index (χ0) is 32.3. The maximum Gasteiger partial charge on any atom is 0.421 e. The zero-order valence-electron chi connectivity index (χ0n) is 26.0. The van der Waals surface area contributed by atoms with Gasteiger partial charge in [-0.2, -0.15) is 13.2 Å². The number of ether oxygens (including phenoxy) is 2. The molecule has 2 fully saturated rings. The smallest absolute Gasteiger partial charge is 0.421 e. The molecule has 2 aliphatic carbocycles. The molecule has 0 aromatic heterocycles. The summed E-state index contributed by atoms with van der Waals surface area (Å²) in [7, 11) is 2.34. The third-order valence-electron chi connectivity index (χ3n) is 10.9.